The van der Waals surface area contributed by atoms with E-state index in [-0.39, 0.29) is 22.7 Å². The number of fused-ring (bicyclic) bond motifs is 3. The highest BCUT2D eigenvalue weighted by molar-refractivity contribution is 6.37. The predicted molar refractivity (Wildman–Crippen MR) is 133 cm³/mol. The van der Waals surface area contributed by atoms with Gasteiger partial charge in [0.25, 0.3) is 0 Å². The molecule has 2 fully saturated rings. The average molecular weight is 534 g/mol. The fourth-order valence-corrected chi connectivity index (χ4v) is 5.96. The molecule has 1 aliphatic carbocycles. The summed E-state index contributed by atoms with van der Waals surface area (Å²) in [5, 5.41) is 0. The summed E-state index contributed by atoms with van der Waals surface area (Å²) in [4.78, 5) is 56.0. The van der Waals surface area contributed by atoms with Crippen LogP contribution in [-0.2, 0) is 20.5 Å². The SMILES string of the molecule is CC(C)c1ccc(C2OC3(C(=O)c4ccccc4C3=O)C3C(=O)N(c4cccc(C(F)(F)F)c4)C(=O)C23)cc1. The molecular weight excluding hydrogens is 511 g/mol. The van der Waals surface area contributed by atoms with Crippen LogP contribution in [0.2, 0.25) is 0 Å². The number of anilines is 1. The van der Waals surface area contributed by atoms with Crippen molar-refractivity contribution in [2.75, 3.05) is 4.90 Å². The summed E-state index contributed by atoms with van der Waals surface area (Å²) in [6.07, 6.45) is -5.85. The van der Waals surface area contributed by atoms with Crippen LogP contribution < -0.4 is 4.90 Å². The van der Waals surface area contributed by atoms with Crippen molar-refractivity contribution in [3.05, 3.63) is 101 Å². The molecule has 2 amide bonds. The van der Waals surface area contributed by atoms with Crippen molar-refractivity contribution in [3.63, 3.8) is 0 Å². The molecule has 2 aliphatic heterocycles. The summed E-state index contributed by atoms with van der Waals surface area (Å²) in [6.45, 7) is 4.01. The molecule has 3 aromatic carbocycles. The zero-order valence-electron chi connectivity index (χ0n) is 20.9. The number of imide groups is 1. The number of ketones is 2. The number of hydrogen-bond donors (Lipinski definition) is 0. The fraction of sp³-hybridized carbons (Fsp3) is 0.267. The van der Waals surface area contributed by atoms with Crippen molar-refractivity contribution in [2.45, 2.75) is 37.6 Å². The number of Topliss-reactive ketones (excluding diaryl/α,β-unsaturated/α-hetero) is 2. The third-order valence-electron chi connectivity index (χ3n) is 7.88. The van der Waals surface area contributed by atoms with Gasteiger partial charge in [0.15, 0.2) is 0 Å². The molecule has 39 heavy (non-hydrogen) atoms. The lowest BCUT2D eigenvalue weighted by atomic mass is 9.77. The largest absolute Gasteiger partial charge is 0.416 e. The van der Waals surface area contributed by atoms with E-state index in [0.717, 1.165) is 17.7 Å². The molecule has 3 aromatic rings. The summed E-state index contributed by atoms with van der Waals surface area (Å²) >= 11 is 0. The Bertz CT molecular complexity index is 1520. The van der Waals surface area contributed by atoms with Crippen LogP contribution in [0.25, 0.3) is 0 Å². The molecule has 2 heterocycles. The zero-order chi connectivity index (χ0) is 27.9. The quantitative estimate of drug-likeness (QED) is 0.327. The first-order chi connectivity index (χ1) is 18.5. The number of amides is 2. The molecule has 3 atom stereocenters. The van der Waals surface area contributed by atoms with Crippen molar-refractivity contribution in [1.82, 2.24) is 0 Å². The Morgan fingerprint density at radius 1 is 0.821 bits per heavy atom. The molecule has 198 valence electrons. The summed E-state index contributed by atoms with van der Waals surface area (Å²) in [7, 11) is 0. The van der Waals surface area contributed by atoms with E-state index in [2.05, 4.69) is 0 Å². The monoisotopic (exact) mass is 533 g/mol. The highest BCUT2D eigenvalue weighted by atomic mass is 19.4. The zero-order valence-corrected chi connectivity index (χ0v) is 20.9. The molecule has 0 N–H and O–H groups in total. The van der Waals surface area contributed by atoms with Crippen molar-refractivity contribution in [2.24, 2.45) is 11.8 Å². The third kappa shape index (κ3) is 3.45. The normalized spacial score (nSPS) is 23.7. The predicted octanol–water partition coefficient (Wildman–Crippen LogP) is 5.52. The van der Waals surface area contributed by atoms with E-state index in [0.29, 0.717) is 16.5 Å². The van der Waals surface area contributed by atoms with Gasteiger partial charge in [0.2, 0.25) is 29.0 Å². The smallest absolute Gasteiger partial charge is 0.349 e. The van der Waals surface area contributed by atoms with Gasteiger partial charge in [0.05, 0.1) is 29.2 Å². The second-order valence-electron chi connectivity index (χ2n) is 10.4. The van der Waals surface area contributed by atoms with Crippen molar-refractivity contribution in [1.29, 1.82) is 0 Å². The highest BCUT2D eigenvalue weighted by Gasteiger charge is 2.74. The maximum atomic E-state index is 13.9. The Labute approximate surface area is 221 Å². The van der Waals surface area contributed by atoms with Crippen LogP contribution in [0.4, 0.5) is 18.9 Å². The topological polar surface area (TPSA) is 80.8 Å². The molecular formula is C30H22F3NO5. The molecule has 0 aromatic heterocycles. The second-order valence-corrected chi connectivity index (χ2v) is 10.4. The van der Waals surface area contributed by atoms with E-state index in [4.69, 9.17) is 4.74 Å². The lowest BCUT2D eigenvalue weighted by Crippen LogP contribution is -2.51. The van der Waals surface area contributed by atoms with E-state index in [1.165, 1.54) is 18.2 Å². The fourth-order valence-electron chi connectivity index (χ4n) is 5.96. The molecule has 0 saturated carbocycles. The number of ether oxygens (including phenoxy) is 1. The van der Waals surface area contributed by atoms with Gasteiger partial charge in [0, 0.05) is 11.1 Å². The number of alkyl halides is 3. The maximum absolute atomic E-state index is 13.9. The van der Waals surface area contributed by atoms with E-state index in [1.807, 2.05) is 26.0 Å². The van der Waals surface area contributed by atoms with Crippen molar-refractivity contribution < 1.29 is 37.1 Å². The first-order valence-electron chi connectivity index (χ1n) is 12.5. The molecule has 2 saturated heterocycles. The number of halogens is 3. The molecule has 0 radical (unpaired) electrons. The Balaban J connectivity index is 1.51. The lowest BCUT2D eigenvalue weighted by molar-refractivity contribution is -0.137. The van der Waals surface area contributed by atoms with Crippen LogP contribution in [-0.4, -0.2) is 29.0 Å². The molecule has 6 nitrogen and oxygen atoms in total. The summed E-state index contributed by atoms with van der Waals surface area (Å²) < 4.78 is 46.6. The Kier molecular flexibility index (Phi) is 5.45. The Morgan fingerprint density at radius 2 is 1.44 bits per heavy atom. The summed E-state index contributed by atoms with van der Waals surface area (Å²) in [5.74, 6) is -5.85. The summed E-state index contributed by atoms with van der Waals surface area (Å²) in [5.41, 5.74) is -1.97. The standard InChI is InChI=1S/C30H22F3NO5/c1-15(2)16-10-12-17(13-11-16)24-22-23(29(39-24)25(35)20-8-3-4-9-21(20)26(29)36)28(38)34(27(22)37)19-7-5-6-18(14-19)30(31,32)33/h3-15,22-24H,1-2H3. The first kappa shape index (κ1) is 25.2. The Morgan fingerprint density at radius 3 is 2.00 bits per heavy atom. The van der Waals surface area contributed by atoms with E-state index < -0.39 is 58.7 Å². The van der Waals surface area contributed by atoms with Gasteiger partial charge in [-0.2, -0.15) is 13.2 Å². The van der Waals surface area contributed by atoms with Crippen LogP contribution >= 0.6 is 0 Å². The van der Waals surface area contributed by atoms with E-state index in [1.54, 1.807) is 24.3 Å². The minimum absolute atomic E-state index is 0.0785. The van der Waals surface area contributed by atoms with Gasteiger partial charge in [-0.3, -0.25) is 19.2 Å². The molecule has 3 unspecified atom stereocenters. The molecule has 0 bridgehead atoms. The second kappa shape index (κ2) is 8.44. The van der Waals surface area contributed by atoms with E-state index in [9.17, 15) is 32.3 Å². The Hall–Kier alpha value is -4.11. The van der Waals surface area contributed by atoms with Gasteiger partial charge in [-0.25, -0.2) is 4.90 Å². The van der Waals surface area contributed by atoms with Gasteiger partial charge >= 0.3 is 6.18 Å². The van der Waals surface area contributed by atoms with Crippen molar-refractivity contribution >= 4 is 29.1 Å². The van der Waals surface area contributed by atoms with Gasteiger partial charge in [-0.05, 0) is 35.2 Å². The third-order valence-corrected chi connectivity index (χ3v) is 7.88. The average Bonchev–Trinajstić information content (AvgIpc) is 3.48. The van der Waals surface area contributed by atoms with Gasteiger partial charge in [-0.1, -0.05) is 68.4 Å². The number of hydrogen-bond acceptors (Lipinski definition) is 5. The number of rotatable bonds is 3. The van der Waals surface area contributed by atoms with Crippen LogP contribution in [0.5, 0.6) is 0 Å². The number of carbonyl (C=O) groups excluding carboxylic acids is 4. The summed E-state index contributed by atoms with van der Waals surface area (Å²) in [6, 6.07) is 17.0. The van der Waals surface area contributed by atoms with Gasteiger partial charge < -0.3 is 4.74 Å². The molecule has 9 heteroatoms. The van der Waals surface area contributed by atoms with Gasteiger partial charge in [0.1, 0.15) is 0 Å². The van der Waals surface area contributed by atoms with E-state index >= 15 is 0 Å². The first-order valence-corrected chi connectivity index (χ1v) is 12.5. The van der Waals surface area contributed by atoms with Crippen molar-refractivity contribution in [3.8, 4) is 0 Å². The maximum Gasteiger partial charge on any atom is 0.416 e. The number of nitrogens with zero attached hydrogens (tertiary/aromatic N) is 1. The van der Waals surface area contributed by atoms with Crippen LogP contribution in [0, 0.1) is 11.8 Å². The molecule has 1 spiro atoms. The minimum Gasteiger partial charge on any atom is -0.349 e. The highest BCUT2D eigenvalue weighted by Crippen LogP contribution is 2.57. The van der Waals surface area contributed by atoms with Gasteiger partial charge in [-0.15, -0.1) is 0 Å². The van der Waals surface area contributed by atoms with Crippen LogP contribution in [0.1, 0.15) is 63.3 Å². The van der Waals surface area contributed by atoms with Crippen LogP contribution in [0.15, 0.2) is 72.8 Å². The molecule has 6 rings (SSSR count). The molecule has 3 aliphatic rings. The lowest BCUT2D eigenvalue weighted by Gasteiger charge is -2.27. The number of benzene rings is 3. The van der Waals surface area contributed by atoms with Crippen LogP contribution in [0.3, 0.4) is 0 Å². The number of carbonyl (C=O) groups is 4. The minimum atomic E-state index is -4.71.